The van der Waals surface area contributed by atoms with Crippen LogP contribution in [0.2, 0.25) is 0 Å². The highest BCUT2D eigenvalue weighted by Crippen LogP contribution is 2.35. The number of nitrogens with zero attached hydrogens (tertiary/aromatic N) is 4. The van der Waals surface area contributed by atoms with Crippen molar-refractivity contribution in [1.29, 1.82) is 0 Å². The highest BCUT2D eigenvalue weighted by Gasteiger charge is 2.32. The van der Waals surface area contributed by atoms with Crippen molar-refractivity contribution in [3.63, 3.8) is 0 Å². The molecule has 2 heterocycles. The van der Waals surface area contributed by atoms with E-state index in [1.165, 1.54) is 11.6 Å². The molecule has 1 saturated carbocycles. The number of anilines is 3. The monoisotopic (exact) mass is 506 g/mol. The van der Waals surface area contributed by atoms with Crippen LogP contribution in [0.1, 0.15) is 62.0 Å². The smallest absolute Gasteiger partial charge is 0.273 e. The molecule has 3 atom stereocenters. The van der Waals surface area contributed by atoms with Gasteiger partial charge in [-0.2, -0.15) is 4.98 Å². The molecule has 1 aromatic carbocycles. The first-order valence-electron chi connectivity index (χ1n) is 13.0. The maximum atomic E-state index is 12.0. The van der Waals surface area contributed by atoms with E-state index < -0.39 is 5.91 Å². The topological polar surface area (TPSA) is 138 Å². The summed E-state index contributed by atoms with van der Waals surface area (Å²) in [6.45, 7) is 10.1. The number of nitrogens with two attached hydrogens (primary N) is 1. The van der Waals surface area contributed by atoms with Crippen LogP contribution in [0.15, 0.2) is 36.9 Å². The van der Waals surface area contributed by atoms with Gasteiger partial charge in [0.1, 0.15) is 0 Å². The number of nitrogens with one attached hydrogen (secondary N) is 3. The molecule has 198 valence electrons. The molecule has 0 spiro atoms. The lowest BCUT2D eigenvalue weighted by atomic mass is 9.74. The molecule has 37 heavy (non-hydrogen) atoms. The van der Waals surface area contributed by atoms with Crippen LogP contribution in [-0.4, -0.2) is 64.1 Å². The number of hydrogen-bond donors (Lipinski definition) is 4. The predicted molar refractivity (Wildman–Crippen MR) is 145 cm³/mol. The molecule has 1 unspecified atom stereocenters. The SMILES string of the molecule is C=CC(=O)NC1CCC[C@@H](Nc2nnc(C(N)=O)c(Nc3ccc(C4(C)CCN(C)CC4)cc3)n2)[C@H]1C. The van der Waals surface area contributed by atoms with Crippen LogP contribution in [0.5, 0.6) is 0 Å². The summed E-state index contributed by atoms with van der Waals surface area (Å²) in [7, 11) is 2.16. The quantitative estimate of drug-likeness (QED) is 0.401. The van der Waals surface area contributed by atoms with Gasteiger partial charge >= 0.3 is 0 Å². The molecule has 10 heteroatoms. The van der Waals surface area contributed by atoms with Gasteiger partial charge in [0, 0.05) is 17.8 Å². The molecule has 2 aliphatic rings. The molecule has 0 radical (unpaired) electrons. The van der Waals surface area contributed by atoms with Crippen molar-refractivity contribution in [3.8, 4) is 0 Å². The molecule has 2 aromatic rings. The zero-order valence-electron chi connectivity index (χ0n) is 22.0. The Labute approximate surface area is 218 Å². The summed E-state index contributed by atoms with van der Waals surface area (Å²) in [5, 5.41) is 17.7. The second-order valence-electron chi connectivity index (χ2n) is 10.6. The lowest BCUT2D eigenvalue weighted by molar-refractivity contribution is -0.117. The second-order valence-corrected chi connectivity index (χ2v) is 10.6. The fourth-order valence-electron chi connectivity index (χ4n) is 5.31. The summed E-state index contributed by atoms with van der Waals surface area (Å²) >= 11 is 0. The van der Waals surface area contributed by atoms with Crippen LogP contribution in [0.25, 0.3) is 0 Å². The second kappa shape index (κ2) is 11.2. The standard InChI is InChI=1S/C27H38N8O2/c1-5-22(36)30-20-7-6-8-21(17(20)2)31-26-32-25(23(24(28)37)33-34-26)29-19-11-9-18(10-12-19)27(3)13-15-35(4)16-14-27/h5,9-12,17,20-21H,1,6-8,13-16H2,2-4H3,(H2,28,37)(H,30,36)(H2,29,31,32,34)/t17-,20?,21+/m0/s1. The minimum Gasteiger partial charge on any atom is -0.364 e. The van der Waals surface area contributed by atoms with Gasteiger partial charge in [-0.05, 0) is 87.3 Å². The minimum atomic E-state index is -0.706. The molecule has 0 bridgehead atoms. The Morgan fingerprint density at radius 1 is 1.14 bits per heavy atom. The molecular weight excluding hydrogens is 468 g/mol. The Morgan fingerprint density at radius 3 is 2.46 bits per heavy atom. The molecule has 4 rings (SSSR count). The molecule has 2 amide bonds. The zero-order chi connectivity index (χ0) is 26.6. The number of carbonyl (C=O) groups excluding carboxylic acids is 2. The van der Waals surface area contributed by atoms with E-state index in [1.54, 1.807) is 0 Å². The van der Waals surface area contributed by atoms with Crippen LogP contribution < -0.4 is 21.7 Å². The first kappa shape index (κ1) is 26.5. The summed E-state index contributed by atoms with van der Waals surface area (Å²) in [6.07, 6.45) is 6.27. The summed E-state index contributed by atoms with van der Waals surface area (Å²) < 4.78 is 0. The van der Waals surface area contributed by atoms with Crippen LogP contribution in [0, 0.1) is 5.92 Å². The molecule has 10 nitrogen and oxygen atoms in total. The fourth-order valence-corrected chi connectivity index (χ4v) is 5.31. The van der Waals surface area contributed by atoms with Crippen LogP contribution in [-0.2, 0) is 10.2 Å². The third kappa shape index (κ3) is 6.25. The van der Waals surface area contributed by atoms with E-state index >= 15 is 0 Å². The summed E-state index contributed by atoms with van der Waals surface area (Å²) in [5.74, 6) is -0.188. The van der Waals surface area contributed by atoms with Crippen LogP contribution >= 0.6 is 0 Å². The molecule has 2 fully saturated rings. The van der Waals surface area contributed by atoms with E-state index in [0.29, 0.717) is 5.95 Å². The molecule has 1 aromatic heterocycles. The fraction of sp³-hybridized carbons (Fsp3) is 0.519. The van der Waals surface area contributed by atoms with Gasteiger partial charge in [-0.25, -0.2) is 0 Å². The Balaban J connectivity index is 1.49. The number of carbonyl (C=O) groups is 2. The number of primary amides is 1. The van der Waals surface area contributed by atoms with Gasteiger partial charge < -0.3 is 26.6 Å². The number of hydrogen-bond acceptors (Lipinski definition) is 8. The van der Waals surface area contributed by atoms with Gasteiger partial charge in [0.15, 0.2) is 11.5 Å². The number of aromatic nitrogens is 3. The third-order valence-electron chi connectivity index (χ3n) is 7.98. The molecule has 1 aliphatic carbocycles. The summed E-state index contributed by atoms with van der Waals surface area (Å²) in [6, 6.07) is 8.31. The average molecular weight is 507 g/mol. The van der Waals surface area contributed by atoms with E-state index in [2.05, 4.69) is 75.6 Å². The first-order valence-corrected chi connectivity index (χ1v) is 13.0. The summed E-state index contributed by atoms with van der Waals surface area (Å²) in [4.78, 5) is 30.8. The average Bonchev–Trinajstić information content (AvgIpc) is 2.88. The highest BCUT2D eigenvalue weighted by atomic mass is 16.2. The van der Waals surface area contributed by atoms with Crippen molar-refractivity contribution in [2.75, 3.05) is 30.8 Å². The van der Waals surface area contributed by atoms with E-state index in [1.807, 2.05) is 12.1 Å². The third-order valence-corrected chi connectivity index (χ3v) is 7.98. The Morgan fingerprint density at radius 2 is 1.81 bits per heavy atom. The van der Waals surface area contributed by atoms with E-state index in [9.17, 15) is 9.59 Å². The van der Waals surface area contributed by atoms with E-state index in [4.69, 9.17) is 5.73 Å². The Kier molecular flexibility index (Phi) is 8.06. The van der Waals surface area contributed by atoms with E-state index in [0.717, 1.165) is 50.9 Å². The van der Waals surface area contributed by atoms with Crippen molar-refractivity contribution < 1.29 is 9.59 Å². The van der Waals surface area contributed by atoms with Gasteiger partial charge in [0.2, 0.25) is 11.9 Å². The van der Waals surface area contributed by atoms with Gasteiger partial charge in [-0.1, -0.05) is 32.6 Å². The van der Waals surface area contributed by atoms with Crippen LogP contribution in [0.3, 0.4) is 0 Å². The number of amides is 2. The van der Waals surface area contributed by atoms with Crippen LogP contribution in [0.4, 0.5) is 17.5 Å². The zero-order valence-corrected chi connectivity index (χ0v) is 22.0. The van der Waals surface area contributed by atoms with E-state index in [-0.39, 0.29) is 40.8 Å². The largest absolute Gasteiger partial charge is 0.364 e. The maximum absolute atomic E-state index is 12.0. The molecule has 1 saturated heterocycles. The summed E-state index contributed by atoms with van der Waals surface area (Å²) in [5.41, 5.74) is 7.77. The van der Waals surface area contributed by atoms with Gasteiger partial charge in [0.05, 0.1) is 0 Å². The predicted octanol–water partition coefficient (Wildman–Crippen LogP) is 2.97. The number of piperidine rings is 1. The first-order chi connectivity index (χ1) is 17.7. The van der Waals surface area contributed by atoms with Crippen molar-refractivity contribution in [2.24, 2.45) is 11.7 Å². The van der Waals surface area contributed by atoms with Crippen molar-refractivity contribution in [3.05, 3.63) is 48.2 Å². The Bertz CT molecular complexity index is 1130. The van der Waals surface area contributed by atoms with Crippen molar-refractivity contribution in [2.45, 2.75) is 63.5 Å². The lowest BCUT2D eigenvalue weighted by Crippen LogP contribution is -2.48. The van der Waals surface area contributed by atoms with Crippen molar-refractivity contribution >= 4 is 29.3 Å². The maximum Gasteiger partial charge on any atom is 0.273 e. The lowest BCUT2D eigenvalue weighted by Gasteiger charge is -2.38. The molecule has 1 aliphatic heterocycles. The minimum absolute atomic E-state index is 0.0234. The number of rotatable bonds is 8. The Hall–Kier alpha value is -3.53. The normalized spacial score (nSPS) is 23.6. The van der Waals surface area contributed by atoms with Crippen molar-refractivity contribution in [1.82, 2.24) is 25.4 Å². The number of benzene rings is 1. The van der Waals surface area contributed by atoms with Gasteiger partial charge in [-0.3, -0.25) is 9.59 Å². The molecule has 5 N–H and O–H groups in total. The molecular formula is C27H38N8O2. The highest BCUT2D eigenvalue weighted by molar-refractivity contribution is 5.96. The number of likely N-dealkylation sites (tertiary alicyclic amines) is 1. The van der Waals surface area contributed by atoms with Gasteiger partial charge in [0.25, 0.3) is 5.91 Å². The van der Waals surface area contributed by atoms with Gasteiger partial charge in [-0.15, -0.1) is 10.2 Å².